The van der Waals surface area contributed by atoms with E-state index in [-0.39, 0.29) is 5.82 Å². The molecule has 0 aliphatic carbocycles. The molecule has 1 heterocycles. The maximum Gasteiger partial charge on any atom is 0.137 e. The molecule has 1 saturated heterocycles. The highest BCUT2D eigenvalue weighted by molar-refractivity contribution is 9.10. The lowest BCUT2D eigenvalue weighted by Gasteiger charge is -2.34. The van der Waals surface area contributed by atoms with Gasteiger partial charge in [0.25, 0.3) is 0 Å². The first-order chi connectivity index (χ1) is 9.13. The van der Waals surface area contributed by atoms with Gasteiger partial charge in [-0.15, -0.1) is 0 Å². The Morgan fingerprint density at radius 1 is 1.53 bits per heavy atom. The van der Waals surface area contributed by atoms with E-state index in [2.05, 4.69) is 40.0 Å². The van der Waals surface area contributed by atoms with Crippen molar-refractivity contribution < 1.29 is 4.39 Å². The molecule has 19 heavy (non-hydrogen) atoms. The molecular formula is C15H22BrFN2. The number of nitrogens with zero attached hydrogens (tertiary/aromatic N) is 1. The average Bonchev–Trinajstić information content (AvgIpc) is 2.92. The highest BCUT2D eigenvalue weighted by atomic mass is 79.9. The van der Waals surface area contributed by atoms with Gasteiger partial charge in [-0.1, -0.05) is 13.0 Å². The lowest BCUT2D eigenvalue weighted by molar-refractivity contribution is 0.153. The van der Waals surface area contributed by atoms with Gasteiger partial charge in [0.05, 0.1) is 4.47 Å². The second-order valence-electron chi connectivity index (χ2n) is 5.23. The number of halogens is 2. The first-order valence-corrected chi connectivity index (χ1v) is 7.84. The van der Waals surface area contributed by atoms with Gasteiger partial charge in [0.1, 0.15) is 5.82 Å². The van der Waals surface area contributed by atoms with Crippen molar-refractivity contribution >= 4 is 15.9 Å². The molecule has 1 N–H and O–H groups in total. The zero-order chi connectivity index (χ0) is 13.8. The van der Waals surface area contributed by atoms with Crippen LogP contribution in [0.15, 0.2) is 22.7 Å². The van der Waals surface area contributed by atoms with Gasteiger partial charge in [0.2, 0.25) is 0 Å². The molecule has 0 bridgehead atoms. The van der Waals surface area contributed by atoms with E-state index < -0.39 is 0 Å². The van der Waals surface area contributed by atoms with Crippen LogP contribution < -0.4 is 5.32 Å². The van der Waals surface area contributed by atoms with Crippen molar-refractivity contribution in [3.63, 3.8) is 0 Å². The molecule has 2 unspecified atom stereocenters. The van der Waals surface area contributed by atoms with Crippen molar-refractivity contribution in [2.24, 2.45) is 0 Å². The highest BCUT2D eigenvalue weighted by Gasteiger charge is 2.26. The number of hydrogen-bond donors (Lipinski definition) is 1. The van der Waals surface area contributed by atoms with Gasteiger partial charge >= 0.3 is 0 Å². The monoisotopic (exact) mass is 328 g/mol. The third kappa shape index (κ3) is 3.56. The third-order valence-electron chi connectivity index (χ3n) is 3.91. The zero-order valence-corrected chi connectivity index (χ0v) is 13.2. The molecular weight excluding hydrogens is 307 g/mol. The van der Waals surface area contributed by atoms with Crippen LogP contribution in [0.1, 0.15) is 38.3 Å². The Bertz CT molecular complexity index is 419. The predicted octanol–water partition coefficient (Wildman–Crippen LogP) is 3.72. The summed E-state index contributed by atoms with van der Waals surface area (Å²) in [5, 5.41) is 3.43. The summed E-state index contributed by atoms with van der Waals surface area (Å²) in [5.41, 5.74) is 1.17. The fourth-order valence-corrected chi connectivity index (χ4v) is 3.23. The van der Waals surface area contributed by atoms with Gasteiger partial charge in [-0.2, -0.15) is 0 Å². The second-order valence-corrected chi connectivity index (χ2v) is 6.09. The number of rotatable bonds is 5. The summed E-state index contributed by atoms with van der Waals surface area (Å²) < 4.78 is 13.9. The van der Waals surface area contributed by atoms with E-state index in [0.717, 1.165) is 26.1 Å². The van der Waals surface area contributed by atoms with Gasteiger partial charge in [-0.3, -0.25) is 4.90 Å². The van der Waals surface area contributed by atoms with E-state index in [9.17, 15) is 4.39 Å². The zero-order valence-electron chi connectivity index (χ0n) is 11.6. The summed E-state index contributed by atoms with van der Waals surface area (Å²) in [6.45, 7) is 7.68. The van der Waals surface area contributed by atoms with Crippen LogP contribution in [0.25, 0.3) is 0 Å². The molecule has 2 atom stereocenters. The summed E-state index contributed by atoms with van der Waals surface area (Å²) >= 11 is 3.28. The van der Waals surface area contributed by atoms with Crippen LogP contribution >= 0.6 is 15.9 Å². The van der Waals surface area contributed by atoms with Crippen molar-refractivity contribution in [1.82, 2.24) is 10.2 Å². The molecule has 1 fully saturated rings. The molecule has 0 spiro atoms. The van der Waals surface area contributed by atoms with E-state index in [4.69, 9.17) is 0 Å². The van der Waals surface area contributed by atoms with Crippen molar-refractivity contribution in [3.8, 4) is 0 Å². The molecule has 4 heteroatoms. The minimum absolute atomic E-state index is 0.194. The Morgan fingerprint density at radius 2 is 2.32 bits per heavy atom. The molecule has 1 aliphatic heterocycles. The highest BCUT2D eigenvalue weighted by Crippen LogP contribution is 2.28. The Labute approximate surface area is 123 Å². The predicted molar refractivity (Wildman–Crippen MR) is 80.8 cm³/mol. The van der Waals surface area contributed by atoms with Gasteiger partial charge in [-0.25, -0.2) is 4.39 Å². The van der Waals surface area contributed by atoms with Crippen LogP contribution in [-0.2, 0) is 0 Å². The number of benzene rings is 1. The normalized spacial score (nSPS) is 21.0. The van der Waals surface area contributed by atoms with Gasteiger partial charge in [-0.05, 0) is 66.5 Å². The van der Waals surface area contributed by atoms with Crippen LogP contribution in [0, 0.1) is 5.82 Å². The fourth-order valence-electron chi connectivity index (χ4n) is 2.84. The molecule has 0 saturated carbocycles. The van der Waals surface area contributed by atoms with Crippen molar-refractivity contribution in [2.75, 3.05) is 19.6 Å². The summed E-state index contributed by atoms with van der Waals surface area (Å²) in [6.07, 6.45) is 2.34. The van der Waals surface area contributed by atoms with Crippen LogP contribution in [-0.4, -0.2) is 30.6 Å². The Balaban J connectivity index is 2.17. The third-order valence-corrected chi connectivity index (χ3v) is 4.52. The summed E-state index contributed by atoms with van der Waals surface area (Å²) in [6, 6.07) is 6.27. The van der Waals surface area contributed by atoms with E-state index in [0.29, 0.717) is 16.6 Å². The van der Waals surface area contributed by atoms with Crippen LogP contribution in [0.2, 0.25) is 0 Å². The van der Waals surface area contributed by atoms with E-state index in [1.165, 1.54) is 12.0 Å². The lowest BCUT2D eigenvalue weighted by Crippen LogP contribution is -2.39. The smallest absolute Gasteiger partial charge is 0.137 e. The summed E-state index contributed by atoms with van der Waals surface area (Å²) in [4.78, 5) is 2.54. The molecule has 1 aromatic rings. The Kier molecular flexibility index (Phi) is 5.37. The maximum absolute atomic E-state index is 13.3. The molecule has 0 aromatic heterocycles. The first kappa shape index (κ1) is 14.9. The largest absolute Gasteiger partial charge is 0.315 e. The molecule has 0 radical (unpaired) electrons. The average molecular weight is 329 g/mol. The van der Waals surface area contributed by atoms with Crippen molar-refractivity contribution in [2.45, 2.75) is 38.8 Å². The fraction of sp³-hybridized carbons (Fsp3) is 0.600. The summed E-state index contributed by atoms with van der Waals surface area (Å²) in [5.74, 6) is -0.194. The quantitative estimate of drug-likeness (QED) is 0.886. The van der Waals surface area contributed by atoms with Crippen LogP contribution in [0.3, 0.4) is 0 Å². The van der Waals surface area contributed by atoms with E-state index in [1.807, 2.05) is 12.1 Å². The molecule has 2 rings (SSSR count). The Morgan fingerprint density at radius 3 is 2.89 bits per heavy atom. The van der Waals surface area contributed by atoms with Gasteiger partial charge < -0.3 is 5.32 Å². The topological polar surface area (TPSA) is 15.3 Å². The van der Waals surface area contributed by atoms with Gasteiger partial charge in [0.15, 0.2) is 0 Å². The summed E-state index contributed by atoms with van der Waals surface area (Å²) in [7, 11) is 0. The molecule has 2 nitrogen and oxygen atoms in total. The molecule has 1 aromatic carbocycles. The van der Waals surface area contributed by atoms with Crippen LogP contribution in [0.5, 0.6) is 0 Å². The van der Waals surface area contributed by atoms with Crippen molar-refractivity contribution in [1.29, 1.82) is 0 Å². The molecule has 0 amide bonds. The molecule has 1 aliphatic rings. The lowest BCUT2D eigenvalue weighted by atomic mass is 10.0. The first-order valence-electron chi connectivity index (χ1n) is 7.05. The van der Waals surface area contributed by atoms with E-state index >= 15 is 0 Å². The standard InChI is InChI=1S/C15H22BrFN2/c1-3-8-19(13-6-7-18-10-13)11(2)12-4-5-15(17)14(16)9-12/h4-5,9,11,13,18H,3,6-8,10H2,1-2H3. The molecule has 106 valence electrons. The number of nitrogens with one attached hydrogen (secondary N) is 1. The van der Waals surface area contributed by atoms with Gasteiger partial charge in [0, 0.05) is 18.6 Å². The maximum atomic E-state index is 13.3. The van der Waals surface area contributed by atoms with Crippen LogP contribution in [0.4, 0.5) is 4.39 Å². The minimum Gasteiger partial charge on any atom is -0.315 e. The number of hydrogen-bond acceptors (Lipinski definition) is 2. The Hall–Kier alpha value is -0.450. The minimum atomic E-state index is -0.194. The van der Waals surface area contributed by atoms with Crippen molar-refractivity contribution in [3.05, 3.63) is 34.1 Å². The van der Waals surface area contributed by atoms with E-state index in [1.54, 1.807) is 6.07 Å². The SMILES string of the molecule is CCCN(C1CCNC1)C(C)c1ccc(F)c(Br)c1. The second kappa shape index (κ2) is 6.82.